The average molecular weight is 658 g/mol. The van der Waals surface area contributed by atoms with Crippen LogP contribution < -0.4 is 4.74 Å². The Hall–Kier alpha value is -1.08. The van der Waals surface area contributed by atoms with Crippen LogP contribution in [0.25, 0.3) is 0 Å². The van der Waals surface area contributed by atoms with Crippen LogP contribution in [0.2, 0.25) is 0 Å². The van der Waals surface area contributed by atoms with E-state index in [1.165, 1.54) is 18.4 Å². The molecule has 4 nitrogen and oxygen atoms in total. The van der Waals surface area contributed by atoms with E-state index in [2.05, 4.69) is 23.9 Å². The Morgan fingerprint density at radius 3 is 1.43 bits per heavy atom. The summed E-state index contributed by atoms with van der Waals surface area (Å²) >= 11 is 5.92. The lowest BCUT2D eigenvalue weighted by atomic mass is 9.75. The van der Waals surface area contributed by atoms with E-state index in [-0.39, 0.29) is 17.6 Å². The highest BCUT2D eigenvalue weighted by Crippen LogP contribution is 2.61. The normalized spacial score (nSPS) is 36.5. The Morgan fingerprint density at radius 1 is 0.643 bits per heavy atom. The first-order valence-electron chi connectivity index (χ1n) is 14.7. The maximum atomic E-state index is 15.3. The van der Waals surface area contributed by atoms with Gasteiger partial charge in [-0.15, -0.1) is 0 Å². The molecule has 0 spiro atoms. The number of hydrogen-bond donors (Lipinski definition) is 0. The van der Waals surface area contributed by atoms with Crippen molar-refractivity contribution in [1.82, 2.24) is 0 Å². The third-order valence-corrected chi connectivity index (χ3v) is 16.4. The fraction of sp³-hybridized carbons (Fsp3) is 0.600. The van der Waals surface area contributed by atoms with Crippen molar-refractivity contribution >= 4 is 45.4 Å². The van der Waals surface area contributed by atoms with Crippen LogP contribution in [0.4, 0.5) is 17.6 Å². The second-order valence-corrected chi connectivity index (χ2v) is 18.6. The van der Waals surface area contributed by atoms with Crippen molar-refractivity contribution in [2.24, 2.45) is 0 Å². The maximum Gasteiger partial charge on any atom is 0.205 e. The summed E-state index contributed by atoms with van der Waals surface area (Å²) < 4.78 is 101. The number of rotatable bonds is 6. The first kappa shape index (κ1) is 28.4. The smallest absolute Gasteiger partial charge is 0.205 e. The predicted octanol–water partition coefficient (Wildman–Crippen LogP) is 8.19. The summed E-state index contributed by atoms with van der Waals surface area (Å²) in [6, 6.07) is 4.27. The molecule has 42 heavy (non-hydrogen) atoms. The summed E-state index contributed by atoms with van der Waals surface area (Å²) in [7, 11) is -5.82. The highest BCUT2D eigenvalue weighted by Gasteiger charge is 2.48. The third kappa shape index (κ3) is 4.47. The minimum atomic E-state index is -5.82. The lowest BCUT2D eigenvalue weighted by Gasteiger charge is -2.31. The van der Waals surface area contributed by atoms with Gasteiger partial charge in [-0.1, -0.05) is 12.1 Å². The van der Waals surface area contributed by atoms with Crippen molar-refractivity contribution in [1.29, 1.82) is 0 Å². The molecule has 0 N–H and O–H groups in total. The van der Waals surface area contributed by atoms with E-state index in [1.807, 2.05) is 23.5 Å². The molecule has 6 heterocycles. The average Bonchev–Trinajstić information content (AvgIpc) is 3.81. The zero-order valence-corrected chi connectivity index (χ0v) is 25.8. The van der Waals surface area contributed by atoms with Gasteiger partial charge in [-0.25, -0.2) is 17.2 Å². The summed E-state index contributed by atoms with van der Waals surface area (Å²) in [6.45, 7) is 0. The number of fused-ring (bicyclic) bond motifs is 6. The lowest BCUT2D eigenvalue weighted by molar-refractivity contribution is 0.338. The monoisotopic (exact) mass is 657 g/mol. The second-order valence-electron chi connectivity index (χ2n) is 12.6. The van der Waals surface area contributed by atoms with Gasteiger partial charge in [-0.3, -0.25) is 0 Å². The Kier molecular flexibility index (Phi) is 6.91. The minimum absolute atomic E-state index is 0.0713. The van der Waals surface area contributed by atoms with Crippen molar-refractivity contribution in [3.8, 4) is 11.5 Å². The van der Waals surface area contributed by atoms with E-state index in [4.69, 9.17) is 4.74 Å². The third-order valence-electron chi connectivity index (χ3n) is 10.4. The van der Waals surface area contributed by atoms with Gasteiger partial charge < -0.3 is 9.29 Å². The number of hydrogen-bond acceptors (Lipinski definition) is 7. The largest absolute Gasteiger partial charge is 0.744 e. The molecule has 9 unspecified atom stereocenters. The van der Waals surface area contributed by atoms with Gasteiger partial charge >= 0.3 is 0 Å². The zero-order chi connectivity index (χ0) is 29.1. The molecule has 0 saturated carbocycles. The second kappa shape index (κ2) is 10.2. The van der Waals surface area contributed by atoms with E-state index in [0.29, 0.717) is 37.4 Å². The highest BCUT2D eigenvalue weighted by molar-refractivity contribution is 8.01. The van der Waals surface area contributed by atoms with Gasteiger partial charge in [0.25, 0.3) is 0 Å². The Bertz CT molecular complexity index is 1510. The number of thioether (sulfide) groups is 3. The fourth-order valence-corrected chi connectivity index (χ4v) is 14.5. The molecule has 0 amide bonds. The van der Waals surface area contributed by atoms with Gasteiger partial charge in [0.2, 0.25) is 17.4 Å². The SMILES string of the molecule is O=S(=O)([O-])c1c(F)c(F)c(Oc2c(C3CC4CCC3S4)cc(C3CC4CCC3S4)cc2C2CC3CCC2S3)c(F)c1F. The molecule has 0 aliphatic carbocycles. The topological polar surface area (TPSA) is 66.4 Å². The van der Waals surface area contributed by atoms with Gasteiger partial charge in [0.05, 0.1) is 0 Å². The molecule has 2 aromatic rings. The van der Waals surface area contributed by atoms with Crippen molar-refractivity contribution in [2.45, 2.75) is 112 Å². The first-order valence-corrected chi connectivity index (χ1v) is 18.9. The highest BCUT2D eigenvalue weighted by atomic mass is 32.2. The lowest BCUT2D eigenvalue weighted by Crippen LogP contribution is -2.21. The molecule has 8 rings (SSSR count). The molecule has 2 aromatic carbocycles. The Labute approximate surface area is 255 Å². The summed E-state index contributed by atoms with van der Waals surface area (Å²) in [4.78, 5) is -2.16. The number of ether oxygens (including phenoxy) is 1. The van der Waals surface area contributed by atoms with E-state index in [1.54, 1.807) is 0 Å². The summed E-state index contributed by atoms with van der Waals surface area (Å²) in [5, 5.41) is 2.79. The van der Waals surface area contributed by atoms with Crippen LogP contribution in [-0.2, 0) is 10.1 Å². The molecule has 9 atom stereocenters. The number of benzene rings is 2. The molecule has 6 saturated heterocycles. The van der Waals surface area contributed by atoms with Crippen molar-refractivity contribution in [2.75, 3.05) is 0 Å². The standard InChI is InChI=1S/C30H30F4O4S4/c31-24-26(33)30(42(35,36)37)27(34)25(32)29(24)38-28-19(17-10-14-2-5-22(17)40-14)7-12(16-9-13-1-4-21(16)39-13)8-20(28)18-11-15-3-6-23(18)41-15/h7-8,13-18,21-23H,1-6,9-11H2,(H,35,36,37)/p-1. The van der Waals surface area contributed by atoms with Crippen LogP contribution in [0.1, 0.15) is 92.2 Å². The van der Waals surface area contributed by atoms with Crippen LogP contribution in [0.3, 0.4) is 0 Å². The van der Waals surface area contributed by atoms with E-state index in [9.17, 15) is 21.8 Å². The predicted molar refractivity (Wildman–Crippen MR) is 156 cm³/mol. The quantitative estimate of drug-likeness (QED) is 0.176. The molecule has 6 bridgehead atoms. The first-order chi connectivity index (χ1) is 20.1. The van der Waals surface area contributed by atoms with Gasteiger partial charge in [0.1, 0.15) is 20.8 Å². The summed E-state index contributed by atoms with van der Waals surface area (Å²) in [5.41, 5.74) is 2.89. The van der Waals surface area contributed by atoms with Gasteiger partial charge in [-0.2, -0.15) is 44.1 Å². The Morgan fingerprint density at radius 2 is 1.07 bits per heavy atom. The van der Waals surface area contributed by atoms with E-state index in [0.717, 1.165) is 56.1 Å². The van der Waals surface area contributed by atoms with Crippen molar-refractivity contribution in [3.63, 3.8) is 0 Å². The van der Waals surface area contributed by atoms with Crippen LogP contribution in [0, 0.1) is 23.3 Å². The summed E-state index contributed by atoms with van der Waals surface area (Å²) in [6.07, 6.45) is 9.56. The van der Waals surface area contributed by atoms with Crippen LogP contribution in [0.15, 0.2) is 17.0 Å². The van der Waals surface area contributed by atoms with Crippen LogP contribution in [0.5, 0.6) is 11.5 Å². The molecule has 6 aliphatic heterocycles. The maximum absolute atomic E-state index is 15.3. The molecule has 0 aromatic heterocycles. The molecule has 0 radical (unpaired) electrons. The van der Waals surface area contributed by atoms with Crippen molar-refractivity contribution < 1.29 is 35.3 Å². The number of halogens is 4. The molecule has 6 fully saturated rings. The fourth-order valence-electron chi connectivity index (χ4n) is 8.50. The Balaban J connectivity index is 1.31. The van der Waals surface area contributed by atoms with Gasteiger partial charge in [-0.05, 0) is 80.4 Å². The van der Waals surface area contributed by atoms with E-state index < -0.39 is 44.0 Å². The summed E-state index contributed by atoms with van der Waals surface area (Å²) in [5.74, 6) is -9.12. The van der Waals surface area contributed by atoms with Crippen LogP contribution >= 0.6 is 35.3 Å². The molecule has 6 aliphatic rings. The van der Waals surface area contributed by atoms with E-state index >= 15 is 8.78 Å². The zero-order valence-electron chi connectivity index (χ0n) is 22.5. The minimum Gasteiger partial charge on any atom is -0.744 e. The molecular formula is C30H29F4O4S4-. The molecular weight excluding hydrogens is 629 g/mol. The van der Waals surface area contributed by atoms with Crippen LogP contribution in [-0.4, -0.2) is 44.5 Å². The van der Waals surface area contributed by atoms with Gasteiger partial charge in [0.15, 0.2) is 11.6 Å². The molecule has 12 heteroatoms. The van der Waals surface area contributed by atoms with Crippen molar-refractivity contribution in [3.05, 3.63) is 52.1 Å². The van der Waals surface area contributed by atoms with Gasteiger partial charge in [0, 0.05) is 43.3 Å². The molecule has 226 valence electrons.